The number of halogens is 2. The Morgan fingerprint density at radius 1 is 1.27 bits per heavy atom. The van der Waals surface area contributed by atoms with Gasteiger partial charge in [-0.3, -0.25) is 0 Å². The molecule has 2 rings (SSSR count). The second-order valence-electron chi connectivity index (χ2n) is 4.26. The van der Waals surface area contributed by atoms with Crippen molar-refractivity contribution in [2.75, 3.05) is 5.32 Å². The first-order valence-electron chi connectivity index (χ1n) is 5.06. The number of anilines is 1. The Bertz CT molecular complexity index is 362. The summed E-state index contributed by atoms with van der Waals surface area (Å²) in [5, 5.41) is 11.6. The smallest absolute Gasteiger partial charge is 0.174 e. The topological polar surface area (TPSA) is 37.8 Å². The molecule has 0 saturated heterocycles. The molecule has 15 heavy (non-hydrogen) atoms. The molecule has 0 amide bonds. The monoisotopic (exact) mass is 245 g/mol. The highest BCUT2D eigenvalue weighted by atomic mass is 35.5. The van der Waals surface area contributed by atoms with E-state index >= 15 is 0 Å². The fourth-order valence-corrected chi connectivity index (χ4v) is 2.33. The SMILES string of the molecule is CC1(Nc2cc(Cl)nnc2Cl)CCCC1. The molecule has 0 aromatic carbocycles. The normalized spacial score (nSPS) is 19.1. The molecule has 0 spiro atoms. The number of nitrogens with one attached hydrogen (secondary N) is 1. The van der Waals surface area contributed by atoms with Crippen LogP contribution in [0.1, 0.15) is 32.6 Å². The molecular weight excluding hydrogens is 233 g/mol. The summed E-state index contributed by atoms with van der Waals surface area (Å²) in [6, 6.07) is 1.72. The Morgan fingerprint density at radius 2 is 1.93 bits per heavy atom. The van der Waals surface area contributed by atoms with Crippen molar-refractivity contribution in [2.45, 2.75) is 38.1 Å². The lowest BCUT2D eigenvalue weighted by Crippen LogP contribution is -2.31. The van der Waals surface area contributed by atoms with E-state index in [0.717, 1.165) is 18.5 Å². The molecule has 82 valence electrons. The minimum atomic E-state index is 0.121. The summed E-state index contributed by atoms with van der Waals surface area (Å²) >= 11 is 11.7. The van der Waals surface area contributed by atoms with Crippen LogP contribution in [0.25, 0.3) is 0 Å². The van der Waals surface area contributed by atoms with Crippen molar-refractivity contribution in [3.05, 3.63) is 16.4 Å². The van der Waals surface area contributed by atoms with E-state index in [1.807, 2.05) is 0 Å². The van der Waals surface area contributed by atoms with E-state index in [-0.39, 0.29) is 5.54 Å². The lowest BCUT2D eigenvalue weighted by Gasteiger charge is -2.26. The van der Waals surface area contributed by atoms with Crippen LogP contribution in [-0.2, 0) is 0 Å². The third-order valence-electron chi connectivity index (χ3n) is 2.86. The fourth-order valence-electron chi connectivity index (χ4n) is 2.05. The number of rotatable bonds is 2. The Labute approximate surface area is 99.2 Å². The van der Waals surface area contributed by atoms with Crippen molar-refractivity contribution in [3.8, 4) is 0 Å². The highest BCUT2D eigenvalue weighted by Crippen LogP contribution is 2.34. The number of hydrogen-bond donors (Lipinski definition) is 1. The van der Waals surface area contributed by atoms with Gasteiger partial charge in [0.2, 0.25) is 0 Å². The van der Waals surface area contributed by atoms with E-state index in [1.54, 1.807) is 6.07 Å². The minimum Gasteiger partial charge on any atom is -0.377 e. The van der Waals surface area contributed by atoms with Crippen LogP contribution in [0.2, 0.25) is 10.3 Å². The third kappa shape index (κ3) is 2.52. The van der Waals surface area contributed by atoms with E-state index < -0.39 is 0 Å². The van der Waals surface area contributed by atoms with Crippen LogP contribution in [0, 0.1) is 0 Å². The van der Waals surface area contributed by atoms with Crippen LogP contribution in [-0.4, -0.2) is 15.7 Å². The van der Waals surface area contributed by atoms with Crippen LogP contribution >= 0.6 is 23.2 Å². The minimum absolute atomic E-state index is 0.121. The number of hydrogen-bond acceptors (Lipinski definition) is 3. The molecule has 1 saturated carbocycles. The standard InChI is InChI=1S/C10H13Cl2N3/c1-10(4-2-3-5-10)13-7-6-8(11)14-15-9(7)12/h6H,2-5H2,1H3,(H,13,14). The summed E-state index contributed by atoms with van der Waals surface area (Å²) < 4.78 is 0. The molecule has 0 bridgehead atoms. The number of nitrogens with zero attached hydrogens (tertiary/aromatic N) is 2. The molecule has 1 N–H and O–H groups in total. The Morgan fingerprint density at radius 3 is 2.60 bits per heavy atom. The van der Waals surface area contributed by atoms with Gasteiger partial charge in [-0.1, -0.05) is 36.0 Å². The van der Waals surface area contributed by atoms with Crippen molar-refractivity contribution in [2.24, 2.45) is 0 Å². The van der Waals surface area contributed by atoms with Crippen LogP contribution < -0.4 is 5.32 Å². The maximum Gasteiger partial charge on any atom is 0.174 e. The molecular formula is C10H13Cl2N3. The van der Waals surface area contributed by atoms with Crippen LogP contribution in [0.5, 0.6) is 0 Å². The van der Waals surface area contributed by atoms with Gasteiger partial charge in [0.1, 0.15) is 0 Å². The molecule has 0 unspecified atom stereocenters. The lowest BCUT2D eigenvalue weighted by molar-refractivity contribution is 0.533. The maximum absolute atomic E-state index is 5.94. The van der Waals surface area contributed by atoms with Crippen molar-refractivity contribution in [1.82, 2.24) is 10.2 Å². The molecule has 1 aromatic heterocycles. The first-order valence-corrected chi connectivity index (χ1v) is 5.82. The van der Waals surface area contributed by atoms with Gasteiger partial charge in [-0.25, -0.2) is 0 Å². The Kier molecular flexibility index (Phi) is 3.03. The van der Waals surface area contributed by atoms with E-state index in [1.165, 1.54) is 12.8 Å². The van der Waals surface area contributed by atoms with Gasteiger partial charge in [0.05, 0.1) is 5.69 Å². The van der Waals surface area contributed by atoms with Gasteiger partial charge in [0.25, 0.3) is 0 Å². The second kappa shape index (κ2) is 4.14. The van der Waals surface area contributed by atoms with Gasteiger partial charge in [-0.05, 0) is 19.8 Å². The first kappa shape index (κ1) is 11.0. The lowest BCUT2D eigenvalue weighted by atomic mass is 10.0. The van der Waals surface area contributed by atoms with E-state index in [4.69, 9.17) is 23.2 Å². The van der Waals surface area contributed by atoms with Gasteiger partial charge in [0, 0.05) is 11.6 Å². The number of aromatic nitrogens is 2. The van der Waals surface area contributed by atoms with Gasteiger partial charge >= 0.3 is 0 Å². The zero-order valence-corrected chi connectivity index (χ0v) is 10.1. The predicted octanol–water partition coefficient (Wildman–Crippen LogP) is 3.53. The molecule has 3 nitrogen and oxygen atoms in total. The first-order chi connectivity index (χ1) is 7.09. The summed E-state index contributed by atoms with van der Waals surface area (Å²) in [7, 11) is 0. The Hall–Kier alpha value is -0.540. The van der Waals surface area contributed by atoms with E-state index in [0.29, 0.717) is 10.3 Å². The van der Waals surface area contributed by atoms with Crippen LogP contribution in [0.15, 0.2) is 6.07 Å². The van der Waals surface area contributed by atoms with Crippen molar-refractivity contribution < 1.29 is 0 Å². The molecule has 1 fully saturated rings. The average Bonchev–Trinajstić information content (AvgIpc) is 2.59. The summed E-state index contributed by atoms with van der Waals surface area (Å²) in [5.41, 5.74) is 0.900. The predicted molar refractivity (Wildman–Crippen MR) is 62.5 cm³/mol. The van der Waals surface area contributed by atoms with Gasteiger partial charge in [-0.15, -0.1) is 10.2 Å². The third-order valence-corrected chi connectivity index (χ3v) is 3.33. The molecule has 1 aliphatic carbocycles. The zero-order valence-electron chi connectivity index (χ0n) is 8.56. The summed E-state index contributed by atoms with van der Waals surface area (Å²) in [6.07, 6.45) is 4.83. The largest absolute Gasteiger partial charge is 0.377 e. The van der Waals surface area contributed by atoms with Crippen LogP contribution in [0.4, 0.5) is 5.69 Å². The molecule has 1 aliphatic rings. The van der Waals surface area contributed by atoms with E-state index in [2.05, 4.69) is 22.4 Å². The zero-order chi connectivity index (χ0) is 10.9. The maximum atomic E-state index is 5.94. The highest BCUT2D eigenvalue weighted by Gasteiger charge is 2.29. The quantitative estimate of drug-likeness (QED) is 0.867. The summed E-state index contributed by atoms with van der Waals surface area (Å²) in [4.78, 5) is 0. The summed E-state index contributed by atoms with van der Waals surface area (Å²) in [6.45, 7) is 2.20. The highest BCUT2D eigenvalue weighted by molar-refractivity contribution is 6.33. The van der Waals surface area contributed by atoms with Gasteiger partial charge < -0.3 is 5.32 Å². The second-order valence-corrected chi connectivity index (χ2v) is 5.01. The van der Waals surface area contributed by atoms with Crippen molar-refractivity contribution in [3.63, 3.8) is 0 Å². The molecule has 5 heteroatoms. The van der Waals surface area contributed by atoms with Crippen molar-refractivity contribution >= 4 is 28.9 Å². The molecule has 0 aliphatic heterocycles. The Balaban J connectivity index is 2.19. The van der Waals surface area contributed by atoms with Gasteiger partial charge in [-0.2, -0.15) is 0 Å². The average molecular weight is 246 g/mol. The molecule has 0 atom stereocenters. The van der Waals surface area contributed by atoms with Crippen molar-refractivity contribution in [1.29, 1.82) is 0 Å². The van der Waals surface area contributed by atoms with Crippen LogP contribution in [0.3, 0.4) is 0 Å². The van der Waals surface area contributed by atoms with Gasteiger partial charge in [0.15, 0.2) is 10.3 Å². The molecule has 1 aromatic rings. The fraction of sp³-hybridized carbons (Fsp3) is 0.600. The molecule has 0 radical (unpaired) electrons. The van der Waals surface area contributed by atoms with E-state index in [9.17, 15) is 0 Å². The molecule has 1 heterocycles. The summed E-state index contributed by atoms with van der Waals surface area (Å²) in [5.74, 6) is 0.